The first-order chi connectivity index (χ1) is 9.00. The number of nitrogens with zero attached hydrogens (tertiary/aromatic N) is 2. The van der Waals surface area contributed by atoms with E-state index in [0.717, 1.165) is 0 Å². The number of aliphatic imine (C=N–C) groups is 1. The fourth-order valence-corrected chi connectivity index (χ4v) is 2.91. The number of rotatable bonds is 2. The highest BCUT2D eigenvalue weighted by molar-refractivity contribution is 5.99. The van der Waals surface area contributed by atoms with Crippen LogP contribution in [-0.2, 0) is 9.53 Å². The van der Waals surface area contributed by atoms with Crippen LogP contribution in [-0.4, -0.2) is 59.3 Å². The van der Waals surface area contributed by atoms with Crippen molar-refractivity contribution in [1.82, 2.24) is 4.90 Å². The summed E-state index contributed by atoms with van der Waals surface area (Å²) in [5.74, 6) is -1.39. The molecule has 2 aliphatic rings. The van der Waals surface area contributed by atoms with Crippen LogP contribution in [0.2, 0.25) is 0 Å². The molecule has 0 saturated carbocycles. The van der Waals surface area contributed by atoms with Gasteiger partial charge in [-0.2, -0.15) is 0 Å². The molecule has 0 aromatic heterocycles. The Morgan fingerprint density at radius 2 is 2.05 bits per heavy atom. The van der Waals surface area contributed by atoms with Crippen LogP contribution in [0.25, 0.3) is 0 Å². The minimum Gasteiger partial charge on any atom is -0.481 e. The first kappa shape index (κ1) is 13.6. The first-order valence-corrected chi connectivity index (χ1v) is 6.38. The van der Waals surface area contributed by atoms with Crippen molar-refractivity contribution in [2.45, 2.75) is 19.8 Å². The van der Waals surface area contributed by atoms with Crippen molar-refractivity contribution < 1.29 is 24.5 Å². The molecule has 0 aromatic rings. The summed E-state index contributed by atoms with van der Waals surface area (Å²) in [6.07, 6.45) is 0.0674. The molecule has 2 N–H and O–H groups in total. The van der Waals surface area contributed by atoms with Crippen molar-refractivity contribution in [1.29, 1.82) is 0 Å². The minimum absolute atomic E-state index is 0.291. The van der Waals surface area contributed by atoms with Crippen LogP contribution in [0, 0.1) is 11.3 Å². The molecule has 0 aliphatic carbocycles. The van der Waals surface area contributed by atoms with Gasteiger partial charge in [0.1, 0.15) is 5.92 Å². The number of aliphatic carboxylic acids is 1. The second-order valence-electron chi connectivity index (χ2n) is 4.99. The molecule has 7 nitrogen and oxygen atoms in total. The van der Waals surface area contributed by atoms with Gasteiger partial charge in [0, 0.05) is 25.0 Å². The summed E-state index contributed by atoms with van der Waals surface area (Å²) in [6.45, 7) is 3.30. The molecule has 2 heterocycles. The van der Waals surface area contributed by atoms with Crippen molar-refractivity contribution in [3.05, 3.63) is 0 Å². The summed E-state index contributed by atoms with van der Waals surface area (Å²) in [6, 6.07) is 0. The van der Waals surface area contributed by atoms with Gasteiger partial charge in [-0.3, -0.25) is 9.79 Å². The zero-order valence-electron chi connectivity index (χ0n) is 10.8. The van der Waals surface area contributed by atoms with E-state index in [4.69, 9.17) is 9.84 Å². The van der Waals surface area contributed by atoms with E-state index in [1.165, 1.54) is 4.90 Å². The molecule has 1 unspecified atom stereocenters. The fourth-order valence-electron chi connectivity index (χ4n) is 2.91. The van der Waals surface area contributed by atoms with Gasteiger partial charge in [-0.25, -0.2) is 4.79 Å². The maximum Gasteiger partial charge on any atom is 0.407 e. The normalized spacial score (nSPS) is 25.2. The molecular formula is C12H18N2O5. The molecule has 1 fully saturated rings. The molecule has 1 atom stereocenters. The monoisotopic (exact) mass is 270 g/mol. The predicted molar refractivity (Wildman–Crippen MR) is 66.3 cm³/mol. The summed E-state index contributed by atoms with van der Waals surface area (Å²) in [5, 5.41) is 18.3. The van der Waals surface area contributed by atoms with Gasteiger partial charge >= 0.3 is 12.1 Å². The fraction of sp³-hybridized carbons (Fsp3) is 0.750. The minimum atomic E-state index is -0.953. The van der Waals surface area contributed by atoms with Crippen molar-refractivity contribution >= 4 is 18.0 Å². The molecular weight excluding hydrogens is 252 g/mol. The molecule has 0 radical (unpaired) electrons. The summed E-state index contributed by atoms with van der Waals surface area (Å²) in [5.41, 5.74) is -0.484. The Morgan fingerprint density at radius 1 is 1.42 bits per heavy atom. The van der Waals surface area contributed by atoms with E-state index in [9.17, 15) is 14.7 Å². The van der Waals surface area contributed by atoms with E-state index in [2.05, 4.69) is 4.99 Å². The zero-order valence-corrected chi connectivity index (χ0v) is 10.8. The smallest absolute Gasteiger partial charge is 0.407 e. The van der Waals surface area contributed by atoms with E-state index in [1.807, 2.05) is 0 Å². The van der Waals surface area contributed by atoms with Crippen LogP contribution in [0.15, 0.2) is 4.99 Å². The maximum atomic E-state index is 11.5. The van der Waals surface area contributed by atoms with Crippen LogP contribution < -0.4 is 0 Å². The Balaban J connectivity index is 2.13. The van der Waals surface area contributed by atoms with E-state index < -0.39 is 23.4 Å². The summed E-state index contributed by atoms with van der Waals surface area (Å²) in [7, 11) is 0. The molecule has 1 saturated heterocycles. The number of carboxylic acid groups (broad SMARTS) is 2. The van der Waals surface area contributed by atoms with Gasteiger partial charge in [0.2, 0.25) is 0 Å². The van der Waals surface area contributed by atoms with Gasteiger partial charge in [0.05, 0.1) is 6.61 Å². The third-order valence-corrected chi connectivity index (χ3v) is 3.98. The third-order valence-electron chi connectivity index (χ3n) is 3.98. The quantitative estimate of drug-likeness (QED) is 0.776. The Kier molecular flexibility index (Phi) is 3.64. The number of carbonyl (C=O) groups is 2. The van der Waals surface area contributed by atoms with Crippen molar-refractivity contribution in [3.8, 4) is 0 Å². The van der Waals surface area contributed by atoms with Crippen LogP contribution in [0.5, 0.6) is 0 Å². The van der Waals surface area contributed by atoms with E-state index in [0.29, 0.717) is 45.0 Å². The lowest BCUT2D eigenvalue weighted by molar-refractivity contribution is -0.144. The van der Waals surface area contributed by atoms with E-state index in [1.54, 1.807) is 6.92 Å². The summed E-state index contributed by atoms with van der Waals surface area (Å²) < 4.78 is 5.32. The molecule has 0 bridgehead atoms. The molecule has 2 aliphatic heterocycles. The van der Waals surface area contributed by atoms with E-state index in [-0.39, 0.29) is 0 Å². The lowest BCUT2D eigenvalue weighted by atomic mass is 9.70. The van der Waals surface area contributed by atoms with Gasteiger partial charge in [-0.15, -0.1) is 0 Å². The highest BCUT2D eigenvalue weighted by atomic mass is 16.5. The van der Waals surface area contributed by atoms with Crippen LogP contribution >= 0.6 is 0 Å². The van der Waals surface area contributed by atoms with Gasteiger partial charge < -0.3 is 19.8 Å². The largest absolute Gasteiger partial charge is 0.481 e. The maximum absolute atomic E-state index is 11.5. The van der Waals surface area contributed by atoms with Crippen molar-refractivity contribution in [2.75, 3.05) is 26.2 Å². The average Bonchev–Trinajstić information content (AvgIpc) is 2.69. The number of ether oxygens (including phenoxy) is 1. The molecule has 7 heteroatoms. The Hall–Kier alpha value is -1.79. The van der Waals surface area contributed by atoms with Gasteiger partial charge in [0.25, 0.3) is 0 Å². The zero-order chi connectivity index (χ0) is 14.0. The van der Waals surface area contributed by atoms with Crippen LogP contribution in [0.3, 0.4) is 0 Å². The highest BCUT2D eigenvalue weighted by Crippen LogP contribution is 2.44. The molecule has 1 amide bonds. The molecule has 1 spiro atoms. The topological polar surface area (TPSA) is 99.4 Å². The van der Waals surface area contributed by atoms with Gasteiger partial charge in [-0.05, 0) is 19.8 Å². The lowest BCUT2D eigenvalue weighted by Crippen LogP contribution is -2.49. The highest BCUT2D eigenvalue weighted by Gasteiger charge is 2.52. The van der Waals surface area contributed by atoms with Gasteiger partial charge in [0.15, 0.2) is 5.90 Å². The summed E-state index contributed by atoms with van der Waals surface area (Å²) >= 11 is 0. The number of amides is 1. The number of piperidine rings is 1. The first-order valence-electron chi connectivity index (χ1n) is 6.38. The number of carboxylic acids is 1. The Morgan fingerprint density at radius 3 is 2.53 bits per heavy atom. The van der Waals surface area contributed by atoms with Crippen LogP contribution in [0.1, 0.15) is 19.8 Å². The molecule has 0 aromatic carbocycles. The molecule has 2 rings (SSSR count). The lowest BCUT2D eigenvalue weighted by Gasteiger charge is -2.40. The van der Waals surface area contributed by atoms with Crippen LogP contribution in [0.4, 0.5) is 4.79 Å². The number of hydrogen-bond acceptors (Lipinski definition) is 4. The Bertz CT molecular complexity index is 412. The molecule has 19 heavy (non-hydrogen) atoms. The number of hydrogen-bond donors (Lipinski definition) is 2. The Labute approximate surface area is 110 Å². The second-order valence-corrected chi connectivity index (χ2v) is 4.99. The SMILES string of the molecule is CCOC1=NCC2(CCN(C(=O)O)CC2)C1C(=O)O. The summed E-state index contributed by atoms with van der Waals surface area (Å²) in [4.78, 5) is 27.9. The average molecular weight is 270 g/mol. The van der Waals surface area contributed by atoms with E-state index >= 15 is 0 Å². The van der Waals surface area contributed by atoms with Crippen molar-refractivity contribution in [2.24, 2.45) is 16.3 Å². The predicted octanol–water partition coefficient (Wildman–Crippen LogP) is 0.896. The molecule has 106 valence electrons. The third kappa shape index (κ3) is 2.36. The standard InChI is InChI=1S/C12H18N2O5/c1-2-19-9-8(10(15)16)12(7-13-9)3-5-14(6-4-12)11(17)18/h8H,2-7H2,1H3,(H,15,16)(H,17,18). The number of likely N-dealkylation sites (tertiary alicyclic amines) is 1. The second kappa shape index (κ2) is 5.07. The van der Waals surface area contributed by atoms with Crippen molar-refractivity contribution in [3.63, 3.8) is 0 Å². The van der Waals surface area contributed by atoms with Gasteiger partial charge in [-0.1, -0.05) is 0 Å².